The fourth-order valence-electron chi connectivity index (χ4n) is 2.15. The van der Waals surface area contributed by atoms with E-state index in [0.717, 1.165) is 12.1 Å². The Morgan fingerprint density at radius 1 is 1.15 bits per heavy atom. The van der Waals surface area contributed by atoms with E-state index in [4.69, 9.17) is 20.9 Å². The fourth-order valence-corrected chi connectivity index (χ4v) is 2.35. The minimum absolute atomic E-state index is 0.378. The molecule has 110 valence electrons. The summed E-state index contributed by atoms with van der Waals surface area (Å²) >= 11 is 6.28. The van der Waals surface area contributed by atoms with Gasteiger partial charge < -0.3 is 9.31 Å². The largest absolute Gasteiger partial charge is 0.516 e. The minimum atomic E-state index is -0.500. The Hall–Kier alpha value is -0.575. The third-order valence-corrected chi connectivity index (χ3v) is 4.34. The van der Waals surface area contributed by atoms with Crippen LogP contribution in [0.1, 0.15) is 47.2 Å². The van der Waals surface area contributed by atoms with Crippen molar-refractivity contribution in [3.63, 3.8) is 0 Å². The first-order valence-corrected chi connectivity index (χ1v) is 7.51. The van der Waals surface area contributed by atoms with Crippen molar-refractivity contribution in [1.29, 1.82) is 0 Å². The molecule has 1 aromatic rings. The first kappa shape index (κ1) is 15.8. The molecular formula is C15H23BClNO2. The van der Waals surface area contributed by atoms with Crippen molar-refractivity contribution in [2.75, 3.05) is 0 Å². The van der Waals surface area contributed by atoms with Gasteiger partial charge in [0, 0.05) is 5.69 Å². The van der Waals surface area contributed by atoms with E-state index in [1.54, 1.807) is 0 Å². The maximum Gasteiger partial charge on any atom is 0.516 e. The summed E-state index contributed by atoms with van der Waals surface area (Å²) in [6.45, 7) is 12.4. The summed E-state index contributed by atoms with van der Waals surface area (Å²) in [6.07, 6.45) is 0.920. The highest BCUT2D eigenvalue weighted by Gasteiger charge is 2.52. The number of rotatable bonds is 3. The SMILES string of the molecule is CC(C)Cc1ccc(Cl)c(B2OC(C)(C)C(C)(C)O2)n1. The molecule has 2 rings (SSSR count). The van der Waals surface area contributed by atoms with Crippen LogP contribution in [0.25, 0.3) is 0 Å². The van der Waals surface area contributed by atoms with Gasteiger partial charge in [0.15, 0.2) is 0 Å². The summed E-state index contributed by atoms with van der Waals surface area (Å²) in [5, 5.41) is 0.594. The van der Waals surface area contributed by atoms with Crippen molar-refractivity contribution in [1.82, 2.24) is 4.98 Å². The number of aromatic nitrogens is 1. The number of pyridine rings is 1. The molecule has 1 saturated heterocycles. The van der Waals surface area contributed by atoms with Crippen LogP contribution in [0, 0.1) is 5.92 Å². The molecule has 0 aromatic carbocycles. The summed E-state index contributed by atoms with van der Waals surface area (Å²) in [5.41, 5.74) is 0.950. The smallest absolute Gasteiger partial charge is 0.398 e. The maximum atomic E-state index is 6.28. The highest BCUT2D eigenvalue weighted by atomic mass is 35.5. The molecule has 0 atom stereocenters. The lowest BCUT2D eigenvalue weighted by Gasteiger charge is -2.32. The van der Waals surface area contributed by atoms with Crippen LogP contribution in [0.4, 0.5) is 0 Å². The molecule has 3 nitrogen and oxygen atoms in total. The van der Waals surface area contributed by atoms with E-state index in [9.17, 15) is 0 Å². The zero-order valence-corrected chi connectivity index (χ0v) is 13.9. The zero-order chi connectivity index (χ0) is 15.1. The summed E-state index contributed by atoms with van der Waals surface area (Å²) in [6, 6.07) is 3.85. The van der Waals surface area contributed by atoms with Crippen LogP contribution in [-0.2, 0) is 15.7 Å². The topological polar surface area (TPSA) is 31.4 Å². The van der Waals surface area contributed by atoms with E-state index in [2.05, 4.69) is 18.8 Å². The monoisotopic (exact) mass is 295 g/mol. The molecule has 1 aliphatic heterocycles. The predicted molar refractivity (Wildman–Crippen MR) is 83.5 cm³/mol. The Balaban J connectivity index is 2.30. The predicted octanol–water partition coefficient (Wildman–Crippen LogP) is 3.23. The quantitative estimate of drug-likeness (QED) is 0.802. The Kier molecular flexibility index (Phi) is 4.21. The lowest BCUT2D eigenvalue weighted by atomic mass is 9.83. The van der Waals surface area contributed by atoms with E-state index in [0.29, 0.717) is 16.5 Å². The van der Waals surface area contributed by atoms with Crippen LogP contribution in [0.15, 0.2) is 12.1 Å². The average molecular weight is 296 g/mol. The molecule has 0 bridgehead atoms. The van der Waals surface area contributed by atoms with Gasteiger partial charge >= 0.3 is 7.12 Å². The fraction of sp³-hybridized carbons (Fsp3) is 0.667. The summed E-state index contributed by atoms with van der Waals surface area (Å²) < 4.78 is 12.0. The molecule has 0 spiro atoms. The van der Waals surface area contributed by atoms with Crippen LogP contribution in [-0.4, -0.2) is 23.3 Å². The Morgan fingerprint density at radius 3 is 2.20 bits per heavy atom. The Bertz CT molecular complexity index is 487. The molecule has 1 fully saturated rings. The van der Waals surface area contributed by atoms with Crippen molar-refractivity contribution in [2.24, 2.45) is 5.92 Å². The van der Waals surface area contributed by atoms with Crippen LogP contribution in [0.5, 0.6) is 0 Å². The number of nitrogens with zero attached hydrogens (tertiary/aromatic N) is 1. The van der Waals surface area contributed by atoms with E-state index in [1.165, 1.54) is 0 Å². The Labute approximate surface area is 127 Å². The van der Waals surface area contributed by atoms with Gasteiger partial charge in [-0.3, -0.25) is 4.98 Å². The number of hydrogen-bond donors (Lipinski definition) is 0. The maximum absolute atomic E-state index is 6.28. The van der Waals surface area contributed by atoms with Crippen LogP contribution < -0.4 is 5.59 Å². The van der Waals surface area contributed by atoms with Crippen LogP contribution in [0.2, 0.25) is 5.02 Å². The van der Waals surface area contributed by atoms with Crippen molar-refractivity contribution in [2.45, 2.75) is 59.2 Å². The molecule has 0 unspecified atom stereocenters. The molecule has 5 heteroatoms. The second-order valence-electron chi connectivity index (χ2n) is 6.86. The summed E-state index contributed by atoms with van der Waals surface area (Å²) in [7, 11) is -0.500. The van der Waals surface area contributed by atoms with Crippen LogP contribution >= 0.6 is 11.6 Å². The van der Waals surface area contributed by atoms with Crippen LogP contribution in [0.3, 0.4) is 0 Å². The van der Waals surface area contributed by atoms with Crippen molar-refractivity contribution in [3.05, 3.63) is 22.8 Å². The molecular weight excluding hydrogens is 272 g/mol. The standard InChI is InChI=1S/C15H23BClNO2/c1-10(2)9-11-7-8-12(17)13(18-11)16-19-14(3,4)15(5,6)20-16/h7-8,10H,9H2,1-6H3. The van der Waals surface area contributed by atoms with Gasteiger partial charge in [-0.05, 0) is 52.2 Å². The van der Waals surface area contributed by atoms with Crippen molar-refractivity contribution < 1.29 is 9.31 Å². The molecule has 0 radical (unpaired) electrons. The second kappa shape index (κ2) is 5.32. The Morgan fingerprint density at radius 2 is 1.70 bits per heavy atom. The van der Waals surface area contributed by atoms with Gasteiger partial charge in [-0.2, -0.15) is 0 Å². The van der Waals surface area contributed by atoms with Gasteiger partial charge in [-0.1, -0.05) is 25.4 Å². The lowest BCUT2D eigenvalue weighted by molar-refractivity contribution is 0.00578. The van der Waals surface area contributed by atoms with Gasteiger partial charge in [0.1, 0.15) is 0 Å². The van der Waals surface area contributed by atoms with Gasteiger partial charge in [-0.15, -0.1) is 0 Å². The molecule has 2 heterocycles. The molecule has 0 N–H and O–H groups in total. The molecule has 20 heavy (non-hydrogen) atoms. The van der Waals surface area contributed by atoms with E-state index in [1.807, 2.05) is 39.8 Å². The van der Waals surface area contributed by atoms with Gasteiger partial charge in [0.2, 0.25) is 0 Å². The van der Waals surface area contributed by atoms with Gasteiger partial charge in [0.05, 0.1) is 21.8 Å². The van der Waals surface area contributed by atoms with Crippen molar-refractivity contribution >= 4 is 24.3 Å². The molecule has 1 aromatic heterocycles. The minimum Gasteiger partial charge on any atom is -0.398 e. The van der Waals surface area contributed by atoms with E-state index >= 15 is 0 Å². The summed E-state index contributed by atoms with van der Waals surface area (Å²) in [5.74, 6) is 0.551. The zero-order valence-electron chi connectivity index (χ0n) is 13.2. The number of halogens is 1. The molecule has 0 amide bonds. The van der Waals surface area contributed by atoms with Crippen molar-refractivity contribution in [3.8, 4) is 0 Å². The number of hydrogen-bond acceptors (Lipinski definition) is 3. The molecule has 0 saturated carbocycles. The first-order valence-electron chi connectivity index (χ1n) is 7.13. The van der Waals surface area contributed by atoms with E-state index < -0.39 is 7.12 Å². The highest BCUT2D eigenvalue weighted by molar-refractivity contribution is 6.64. The normalized spacial score (nSPS) is 20.7. The van der Waals surface area contributed by atoms with Gasteiger partial charge in [0.25, 0.3) is 0 Å². The highest BCUT2D eigenvalue weighted by Crippen LogP contribution is 2.36. The van der Waals surface area contributed by atoms with E-state index in [-0.39, 0.29) is 11.2 Å². The summed E-state index contributed by atoms with van der Waals surface area (Å²) in [4.78, 5) is 4.64. The van der Waals surface area contributed by atoms with Gasteiger partial charge in [-0.25, -0.2) is 0 Å². The lowest BCUT2D eigenvalue weighted by Crippen LogP contribution is -2.41. The second-order valence-corrected chi connectivity index (χ2v) is 7.26. The molecule has 0 aliphatic carbocycles. The molecule has 1 aliphatic rings. The third-order valence-electron chi connectivity index (χ3n) is 4.02. The third kappa shape index (κ3) is 3.02. The first-order chi connectivity index (χ1) is 9.12. The average Bonchev–Trinajstić information content (AvgIpc) is 2.50.